The highest BCUT2D eigenvalue weighted by Crippen LogP contribution is 2.15. The van der Waals surface area contributed by atoms with Gasteiger partial charge >= 0.3 is 5.97 Å². The minimum atomic E-state index is -0.485. The van der Waals surface area contributed by atoms with Crippen LogP contribution in [0.4, 0.5) is 0 Å². The molecule has 0 saturated heterocycles. The van der Waals surface area contributed by atoms with Crippen LogP contribution in [0.1, 0.15) is 21.5 Å². The minimum absolute atomic E-state index is 0.364. The van der Waals surface area contributed by atoms with E-state index in [1.807, 2.05) is 36.4 Å². The normalized spacial score (nSPS) is 10.5. The topological polar surface area (TPSA) is 78.6 Å². The van der Waals surface area contributed by atoms with Gasteiger partial charge in [0.25, 0.3) is 0 Å². The third-order valence-corrected chi connectivity index (χ3v) is 3.10. The number of benzene rings is 2. The van der Waals surface area contributed by atoms with Crippen LogP contribution in [0.25, 0.3) is 6.08 Å². The third-order valence-electron chi connectivity index (χ3n) is 3.10. The molecule has 0 aliphatic rings. The molecule has 0 aromatic heterocycles. The lowest BCUT2D eigenvalue weighted by Crippen LogP contribution is -2.05. The number of amides is 1. The first-order valence-electron chi connectivity index (χ1n) is 6.96. The predicted molar refractivity (Wildman–Crippen MR) is 86.8 cm³/mol. The van der Waals surface area contributed by atoms with Gasteiger partial charge in [-0.1, -0.05) is 24.3 Å². The molecule has 0 spiro atoms. The van der Waals surface area contributed by atoms with E-state index in [-0.39, 0.29) is 5.97 Å². The molecule has 5 heteroatoms. The average molecular weight is 311 g/mol. The summed E-state index contributed by atoms with van der Waals surface area (Å²) in [6.45, 7) is 0.387. The highest BCUT2D eigenvalue weighted by molar-refractivity contribution is 5.90. The van der Waals surface area contributed by atoms with Gasteiger partial charge in [0.2, 0.25) is 5.91 Å². The van der Waals surface area contributed by atoms with Gasteiger partial charge in [0.05, 0.1) is 12.7 Å². The van der Waals surface area contributed by atoms with Gasteiger partial charge < -0.3 is 15.2 Å². The van der Waals surface area contributed by atoms with Crippen molar-refractivity contribution in [3.8, 4) is 5.75 Å². The molecule has 23 heavy (non-hydrogen) atoms. The summed E-state index contributed by atoms with van der Waals surface area (Å²) >= 11 is 0. The maximum absolute atomic E-state index is 11.3. The van der Waals surface area contributed by atoms with Crippen LogP contribution in [0.5, 0.6) is 5.75 Å². The van der Waals surface area contributed by atoms with Gasteiger partial charge in [-0.15, -0.1) is 0 Å². The van der Waals surface area contributed by atoms with Crippen LogP contribution in [0, 0.1) is 0 Å². The van der Waals surface area contributed by atoms with Gasteiger partial charge in [0, 0.05) is 6.08 Å². The number of esters is 1. The van der Waals surface area contributed by atoms with E-state index in [9.17, 15) is 9.59 Å². The molecule has 2 aromatic rings. The van der Waals surface area contributed by atoms with Crippen molar-refractivity contribution in [3.63, 3.8) is 0 Å². The Bertz CT molecular complexity index is 703. The quantitative estimate of drug-likeness (QED) is 0.657. The summed E-state index contributed by atoms with van der Waals surface area (Å²) in [5.41, 5.74) is 7.34. The molecule has 0 fully saturated rings. The van der Waals surface area contributed by atoms with E-state index in [0.717, 1.165) is 11.1 Å². The number of carbonyl (C=O) groups is 2. The number of hydrogen-bond acceptors (Lipinski definition) is 4. The summed E-state index contributed by atoms with van der Waals surface area (Å²) in [6.07, 6.45) is 2.94. The largest absolute Gasteiger partial charge is 0.489 e. The fraction of sp³-hybridized carbons (Fsp3) is 0.111. The molecule has 0 aliphatic carbocycles. The van der Waals surface area contributed by atoms with Gasteiger partial charge in [-0.3, -0.25) is 4.79 Å². The van der Waals surface area contributed by atoms with Crippen molar-refractivity contribution in [2.24, 2.45) is 5.73 Å². The van der Waals surface area contributed by atoms with Crippen molar-refractivity contribution in [3.05, 3.63) is 71.3 Å². The summed E-state index contributed by atoms with van der Waals surface area (Å²) in [5.74, 6) is -0.143. The van der Waals surface area contributed by atoms with Crippen LogP contribution >= 0.6 is 0 Å². The van der Waals surface area contributed by atoms with Gasteiger partial charge in [0.15, 0.2) is 0 Å². The van der Waals surface area contributed by atoms with Crippen molar-refractivity contribution >= 4 is 18.0 Å². The molecule has 2 rings (SSSR count). The Kier molecular flexibility index (Phi) is 5.52. The van der Waals surface area contributed by atoms with Crippen LogP contribution in [0.3, 0.4) is 0 Å². The maximum atomic E-state index is 11.3. The molecule has 2 aromatic carbocycles. The Hall–Kier alpha value is -3.08. The second-order valence-electron chi connectivity index (χ2n) is 4.78. The Morgan fingerprint density at radius 3 is 2.26 bits per heavy atom. The molecule has 2 N–H and O–H groups in total. The van der Waals surface area contributed by atoms with E-state index in [4.69, 9.17) is 10.5 Å². The lowest BCUT2D eigenvalue weighted by Gasteiger charge is -2.07. The van der Waals surface area contributed by atoms with Gasteiger partial charge in [-0.25, -0.2) is 4.79 Å². The Morgan fingerprint density at radius 1 is 1.04 bits per heavy atom. The molecular weight excluding hydrogens is 294 g/mol. The standard InChI is InChI=1S/C18H17NO4/c1-22-18(21)15-7-2-14(3-8-15)12-23-16-9-4-13(5-10-16)6-11-17(19)20/h2-11H,12H2,1H3,(H2,19,20)/b11-6-. The molecule has 0 unspecified atom stereocenters. The van der Waals surface area contributed by atoms with Crippen molar-refractivity contribution in [1.29, 1.82) is 0 Å². The van der Waals surface area contributed by atoms with E-state index in [1.165, 1.54) is 13.2 Å². The van der Waals surface area contributed by atoms with E-state index in [2.05, 4.69) is 4.74 Å². The summed E-state index contributed by atoms with van der Waals surface area (Å²) in [5, 5.41) is 0. The second kappa shape index (κ2) is 7.79. The first-order chi connectivity index (χ1) is 11.1. The summed E-state index contributed by atoms with van der Waals surface area (Å²) in [4.78, 5) is 22.0. The third kappa shape index (κ3) is 5.00. The van der Waals surface area contributed by atoms with E-state index in [0.29, 0.717) is 17.9 Å². The first-order valence-corrected chi connectivity index (χ1v) is 6.96. The van der Waals surface area contributed by atoms with Gasteiger partial charge in [-0.2, -0.15) is 0 Å². The number of ether oxygens (including phenoxy) is 2. The molecule has 0 aliphatic heterocycles. The Morgan fingerprint density at radius 2 is 1.70 bits per heavy atom. The minimum Gasteiger partial charge on any atom is -0.489 e. The van der Waals surface area contributed by atoms with E-state index < -0.39 is 5.91 Å². The molecule has 0 radical (unpaired) electrons. The monoisotopic (exact) mass is 311 g/mol. The SMILES string of the molecule is COC(=O)c1ccc(COc2ccc(/C=C\C(N)=O)cc2)cc1. The van der Waals surface area contributed by atoms with Crippen molar-refractivity contribution in [2.45, 2.75) is 6.61 Å². The van der Waals surface area contributed by atoms with Crippen LogP contribution in [0.2, 0.25) is 0 Å². The fourth-order valence-corrected chi connectivity index (χ4v) is 1.88. The number of carbonyl (C=O) groups excluding carboxylic acids is 2. The molecule has 0 heterocycles. The zero-order valence-corrected chi connectivity index (χ0v) is 12.7. The van der Waals surface area contributed by atoms with E-state index >= 15 is 0 Å². The Balaban J connectivity index is 1.93. The summed E-state index contributed by atoms with van der Waals surface area (Å²) in [6, 6.07) is 14.3. The highest BCUT2D eigenvalue weighted by Gasteiger charge is 2.04. The molecular formula is C18H17NO4. The zero-order chi connectivity index (χ0) is 16.7. The van der Waals surface area contributed by atoms with E-state index in [1.54, 1.807) is 18.2 Å². The molecule has 118 valence electrons. The van der Waals surface area contributed by atoms with Crippen molar-refractivity contribution < 1.29 is 19.1 Å². The number of rotatable bonds is 6. The van der Waals surface area contributed by atoms with Crippen molar-refractivity contribution in [2.75, 3.05) is 7.11 Å². The lowest BCUT2D eigenvalue weighted by atomic mass is 10.1. The number of methoxy groups -OCH3 is 1. The van der Waals surface area contributed by atoms with Crippen LogP contribution in [-0.2, 0) is 16.1 Å². The van der Waals surface area contributed by atoms with Gasteiger partial charge in [0.1, 0.15) is 12.4 Å². The summed E-state index contributed by atoms with van der Waals surface area (Å²) < 4.78 is 10.3. The molecule has 1 amide bonds. The Labute approximate surface area is 134 Å². The maximum Gasteiger partial charge on any atom is 0.337 e. The first kappa shape index (κ1) is 16.3. The molecule has 0 bridgehead atoms. The molecule has 0 atom stereocenters. The van der Waals surface area contributed by atoms with Crippen molar-refractivity contribution in [1.82, 2.24) is 0 Å². The zero-order valence-electron chi connectivity index (χ0n) is 12.7. The number of hydrogen-bond donors (Lipinski definition) is 1. The van der Waals surface area contributed by atoms with Crippen LogP contribution < -0.4 is 10.5 Å². The van der Waals surface area contributed by atoms with Crippen LogP contribution in [-0.4, -0.2) is 19.0 Å². The highest BCUT2D eigenvalue weighted by atomic mass is 16.5. The fourth-order valence-electron chi connectivity index (χ4n) is 1.88. The lowest BCUT2D eigenvalue weighted by molar-refractivity contribution is -0.113. The summed E-state index contributed by atoms with van der Waals surface area (Å²) in [7, 11) is 1.35. The number of nitrogens with two attached hydrogens (primary N) is 1. The average Bonchev–Trinajstić information content (AvgIpc) is 2.58. The van der Waals surface area contributed by atoms with Gasteiger partial charge in [-0.05, 0) is 41.5 Å². The molecule has 5 nitrogen and oxygen atoms in total. The smallest absolute Gasteiger partial charge is 0.337 e. The predicted octanol–water partition coefficient (Wildman–Crippen LogP) is 2.55. The van der Waals surface area contributed by atoms with Crippen LogP contribution in [0.15, 0.2) is 54.6 Å². The molecule has 0 saturated carbocycles. The second-order valence-corrected chi connectivity index (χ2v) is 4.78. The number of primary amides is 1.